The van der Waals surface area contributed by atoms with E-state index in [1.165, 1.54) is 5.56 Å². The molecule has 18 heavy (non-hydrogen) atoms. The highest BCUT2D eigenvalue weighted by Gasteiger charge is 2.10. The SMILES string of the molecule is CCOc1cc(C)c(-c2csc(CN)n2)cc1C. The molecule has 3 nitrogen and oxygen atoms in total. The summed E-state index contributed by atoms with van der Waals surface area (Å²) in [6.07, 6.45) is 0. The average molecular weight is 262 g/mol. The summed E-state index contributed by atoms with van der Waals surface area (Å²) in [6, 6.07) is 4.21. The molecule has 0 bridgehead atoms. The van der Waals surface area contributed by atoms with Crippen LogP contribution >= 0.6 is 11.3 Å². The maximum absolute atomic E-state index is 5.60. The highest BCUT2D eigenvalue weighted by Crippen LogP contribution is 2.30. The molecular weight excluding hydrogens is 244 g/mol. The van der Waals surface area contributed by atoms with Gasteiger partial charge in [-0.15, -0.1) is 11.3 Å². The summed E-state index contributed by atoms with van der Waals surface area (Å²) in [5, 5.41) is 3.03. The van der Waals surface area contributed by atoms with Crippen LogP contribution in [0.3, 0.4) is 0 Å². The van der Waals surface area contributed by atoms with Crippen LogP contribution in [0.1, 0.15) is 23.1 Å². The fourth-order valence-electron chi connectivity index (χ4n) is 1.91. The number of hydrogen-bond acceptors (Lipinski definition) is 4. The van der Waals surface area contributed by atoms with Crippen molar-refractivity contribution in [3.63, 3.8) is 0 Å². The highest BCUT2D eigenvalue weighted by molar-refractivity contribution is 7.09. The third-order valence-corrected chi connectivity index (χ3v) is 3.70. The van der Waals surface area contributed by atoms with E-state index >= 15 is 0 Å². The van der Waals surface area contributed by atoms with E-state index < -0.39 is 0 Å². The lowest BCUT2D eigenvalue weighted by Crippen LogP contribution is -1.97. The zero-order valence-corrected chi connectivity index (χ0v) is 11.8. The third-order valence-electron chi connectivity index (χ3n) is 2.82. The van der Waals surface area contributed by atoms with Crippen LogP contribution in [-0.4, -0.2) is 11.6 Å². The molecule has 0 radical (unpaired) electrons. The second kappa shape index (κ2) is 5.50. The van der Waals surface area contributed by atoms with Crippen molar-refractivity contribution in [2.75, 3.05) is 6.61 Å². The smallest absolute Gasteiger partial charge is 0.122 e. The number of hydrogen-bond donors (Lipinski definition) is 1. The summed E-state index contributed by atoms with van der Waals surface area (Å²) in [5.74, 6) is 0.952. The fraction of sp³-hybridized carbons (Fsp3) is 0.357. The number of rotatable bonds is 4. The van der Waals surface area contributed by atoms with Gasteiger partial charge in [0.25, 0.3) is 0 Å². The van der Waals surface area contributed by atoms with E-state index in [1.807, 2.05) is 6.92 Å². The third kappa shape index (κ3) is 2.54. The van der Waals surface area contributed by atoms with Gasteiger partial charge in [0.1, 0.15) is 10.8 Å². The fourth-order valence-corrected chi connectivity index (χ4v) is 2.58. The van der Waals surface area contributed by atoms with E-state index in [-0.39, 0.29) is 0 Å². The first-order valence-corrected chi connectivity index (χ1v) is 6.92. The normalized spacial score (nSPS) is 10.7. The molecule has 1 aromatic heterocycles. The maximum atomic E-state index is 5.60. The van der Waals surface area contributed by atoms with Gasteiger partial charge >= 0.3 is 0 Å². The Morgan fingerprint density at radius 3 is 2.67 bits per heavy atom. The van der Waals surface area contributed by atoms with Crippen molar-refractivity contribution in [2.24, 2.45) is 5.73 Å². The summed E-state index contributed by atoms with van der Waals surface area (Å²) in [5.41, 5.74) is 10.1. The molecule has 2 rings (SSSR count). The van der Waals surface area contributed by atoms with E-state index in [9.17, 15) is 0 Å². The molecule has 0 aliphatic heterocycles. The molecule has 0 atom stereocenters. The van der Waals surface area contributed by atoms with E-state index in [4.69, 9.17) is 10.5 Å². The average Bonchev–Trinajstić information content (AvgIpc) is 2.82. The monoisotopic (exact) mass is 262 g/mol. The molecule has 0 saturated heterocycles. The molecule has 4 heteroatoms. The van der Waals surface area contributed by atoms with Crippen molar-refractivity contribution in [2.45, 2.75) is 27.3 Å². The Morgan fingerprint density at radius 2 is 2.06 bits per heavy atom. The van der Waals surface area contributed by atoms with Gasteiger partial charge in [0.2, 0.25) is 0 Å². The number of nitrogens with zero attached hydrogens (tertiary/aromatic N) is 1. The van der Waals surface area contributed by atoms with Gasteiger partial charge in [-0.25, -0.2) is 4.98 Å². The van der Waals surface area contributed by atoms with Crippen LogP contribution in [0.5, 0.6) is 5.75 Å². The molecule has 0 fully saturated rings. The van der Waals surface area contributed by atoms with Crippen LogP contribution in [0.4, 0.5) is 0 Å². The lowest BCUT2D eigenvalue weighted by molar-refractivity contribution is 0.337. The topological polar surface area (TPSA) is 48.1 Å². The summed E-state index contributed by atoms with van der Waals surface area (Å²) >= 11 is 1.61. The first-order chi connectivity index (χ1) is 8.65. The van der Waals surface area contributed by atoms with Crippen LogP contribution in [0.2, 0.25) is 0 Å². The van der Waals surface area contributed by atoms with Crippen molar-refractivity contribution in [1.29, 1.82) is 0 Å². The van der Waals surface area contributed by atoms with Gasteiger partial charge in [0, 0.05) is 17.5 Å². The van der Waals surface area contributed by atoms with Crippen LogP contribution < -0.4 is 10.5 Å². The Kier molecular flexibility index (Phi) is 3.99. The number of ether oxygens (including phenoxy) is 1. The van der Waals surface area contributed by atoms with Crippen LogP contribution in [0.15, 0.2) is 17.5 Å². The summed E-state index contributed by atoms with van der Waals surface area (Å²) in [4.78, 5) is 4.53. The second-order valence-electron chi connectivity index (χ2n) is 4.20. The Hall–Kier alpha value is -1.39. The Bertz CT molecular complexity index is 549. The van der Waals surface area contributed by atoms with Gasteiger partial charge in [-0.2, -0.15) is 0 Å². The molecule has 0 saturated carbocycles. The van der Waals surface area contributed by atoms with E-state index in [1.54, 1.807) is 11.3 Å². The van der Waals surface area contributed by atoms with E-state index in [2.05, 4.69) is 36.3 Å². The van der Waals surface area contributed by atoms with Gasteiger partial charge in [-0.1, -0.05) is 0 Å². The Labute approximate surface area is 112 Å². The molecule has 1 aromatic carbocycles. The van der Waals surface area contributed by atoms with E-state index in [0.717, 1.165) is 27.6 Å². The molecule has 2 N–H and O–H groups in total. The molecule has 0 aliphatic carbocycles. The number of aryl methyl sites for hydroxylation is 2. The molecule has 0 amide bonds. The van der Waals surface area contributed by atoms with Gasteiger partial charge in [0.15, 0.2) is 0 Å². The van der Waals surface area contributed by atoms with Crippen molar-refractivity contribution in [1.82, 2.24) is 4.98 Å². The van der Waals surface area contributed by atoms with Gasteiger partial charge in [-0.05, 0) is 44.0 Å². The van der Waals surface area contributed by atoms with Gasteiger partial charge in [-0.3, -0.25) is 0 Å². The lowest BCUT2D eigenvalue weighted by atomic mass is 10.0. The Morgan fingerprint density at radius 1 is 1.28 bits per heavy atom. The number of aromatic nitrogens is 1. The predicted octanol–water partition coefficient (Wildman–Crippen LogP) is 3.28. The van der Waals surface area contributed by atoms with Gasteiger partial charge in [0.05, 0.1) is 12.3 Å². The molecule has 96 valence electrons. The van der Waals surface area contributed by atoms with E-state index in [0.29, 0.717) is 13.2 Å². The zero-order valence-electron chi connectivity index (χ0n) is 11.0. The second-order valence-corrected chi connectivity index (χ2v) is 5.14. The summed E-state index contributed by atoms with van der Waals surface area (Å²) in [6.45, 7) is 7.33. The van der Waals surface area contributed by atoms with Gasteiger partial charge < -0.3 is 10.5 Å². The minimum Gasteiger partial charge on any atom is -0.494 e. The summed E-state index contributed by atoms with van der Waals surface area (Å²) in [7, 11) is 0. The highest BCUT2D eigenvalue weighted by atomic mass is 32.1. The minimum absolute atomic E-state index is 0.500. The molecule has 2 aromatic rings. The predicted molar refractivity (Wildman–Crippen MR) is 76.1 cm³/mol. The van der Waals surface area contributed by atoms with Crippen LogP contribution in [0.25, 0.3) is 11.3 Å². The summed E-state index contributed by atoms with van der Waals surface area (Å²) < 4.78 is 5.60. The molecular formula is C14H18N2OS. The molecule has 0 unspecified atom stereocenters. The molecule has 0 aliphatic rings. The first-order valence-electron chi connectivity index (χ1n) is 6.04. The zero-order chi connectivity index (χ0) is 13.1. The van der Waals surface area contributed by atoms with Crippen molar-refractivity contribution < 1.29 is 4.74 Å². The number of thiazole rings is 1. The van der Waals surface area contributed by atoms with Crippen LogP contribution in [-0.2, 0) is 6.54 Å². The number of nitrogens with two attached hydrogens (primary N) is 1. The largest absolute Gasteiger partial charge is 0.494 e. The molecule has 1 heterocycles. The molecule has 0 spiro atoms. The quantitative estimate of drug-likeness (QED) is 0.919. The van der Waals surface area contributed by atoms with Crippen molar-refractivity contribution >= 4 is 11.3 Å². The van der Waals surface area contributed by atoms with Crippen molar-refractivity contribution in [3.05, 3.63) is 33.6 Å². The standard InChI is InChI=1S/C14H18N2OS/c1-4-17-13-6-9(2)11(5-10(13)3)12-8-18-14(7-15)16-12/h5-6,8H,4,7,15H2,1-3H3. The van der Waals surface area contributed by atoms with Crippen molar-refractivity contribution in [3.8, 4) is 17.0 Å². The van der Waals surface area contributed by atoms with Crippen LogP contribution in [0, 0.1) is 13.8 Å². The Balaban J connectivity index is 2.42. The lowest BCUT2D eigenvalue weighted by Gasteiger charge is -2.11. The first kappa shape index (κ1) is 13.1. The maximum Gasteiger partial charge on any atom is 0.122 e. The minimum atomic E-state index is 0.500. The number of benzene rings is 1.